The maximum absolute atomic E-state index is 11.2. The molecule has 2 aromatic rings. The van der Waals surface area contributed by atoms with E-state index in [0.717, 1.165) is 19.3 Å². The lowest BCUT2D eigenvalue weighted by atomic mass is 10.1. The molecular weight excluding hydrogens is 410 g/mol. The van der Waals surface area contributed by atoms with Gasteiger partial charge in [-0.3, -0.25) is 0 Å². The van der Waals surface area contributed by atoms with Crippen LogP contribution in [0.2, 0.25) is 0 Å². The molecule has 176 valence electrons. The van der Waals surface area contributed by atoms with Crippen LogP contribution in [0.5, 0.6) is 0 Å². The van der Waals surface area contributed by atoms with Gasteiger partial charge >= 0.3 is 10.4 Å². The van der Waals surface area contributed by atoms with Crippen LogP contribution in [0, 0.1) is 0 Å². The summed E-state index contributed by atoms with van der Waals surface area (Å²) >= 11 is 0. The van der Waals surface area contributed by atoms with E-state index in [9.17, 15) is 8.42 Å². The molecule has 0 aliphatic carbocycles. The number of fused-ring (bicyclic) bond motifs is 1. The Morgan fingerprint density at radius 1 is 0.742 bits per heavy atom. The van der Waals surface area contributed by atoms with E-state index in [0.29, 0.717) is 0 Å². The maximum atomic E-state index is 11.2. The van der Waals surface area contributed by atoms with Gasteiger partial charge in [0.25, 0.3) is 0 Å². The monoisotopic (exact) mass is 451 g/mol. The molecule has 0 unspecified atom stereocenters. The zero-order valence-electron chi connectivity index (χ0n) is 19.1. The zero-order valence-corrected chi connectivity index (χ0v) is 20.0. The molecule has 3 N–H and O–H groups in total. The van der Waals surface area contributed by atoms with Gasteiger partial charge in [0, 0.05) is 0 Å². The molecule has 0 aliphatic heterocycles. The Bertz CT molecular complexity index is 727. The second kappa shape index (κ2) is 19.0. The summed E-state index contributed by atoms with van der Waals surface area (Å²) in [7, 11) is -3.83. The van der Waals surface area contributed by atoms with Crippen molar-refractivity contribution in [2.24, 2.45) is 0 Å². The van der Waals surface area contributed by atoms with E-state index in [1.54, 1.807) is 0 Å². The average molecular weight is 452 g/mol. The molecule has 0 heterocycles. The minimum Gasteiger partial charge on any atom is -0.344 e. The molecule has 0 bridgehead atoms. The first-order valence-corrected chi connectivity index (χ1v) is 12.5. The van der Waals surface area contributed by atoms with Gasteiger partial charge in [-0.15, -0.1) is 6.58 Å². The van der Waals surface area contributed by atoms with Crippen LogP contribution in [0.15, 0.2) is 61.2 Å². The number of unbranched alkanes of at least 4 members (excludes halogenated alkanes) is 9. The fourth-order valence-corrected chi connectivity index (χ4v) is 3.70. The predicted octanol–water partition coefficient (Wildman–Crippen LogP) is 7.37. The molecule has 0 atom stereocenters. The smallest absolute Gasteiger partial charge is 0.344 e. The molecule has 0 radical (unpaired) electrons. The predicted molar refractivity (Wildman–Crippen MR) is 132 cm³/mol. The fourth-order valence-electron chi connectivity index (χ4n) is 3.05. The number of hydrogen-bond acceptors (Lipinski definition) is 5. The van der Waals surface area contributed by atoms with Gasteiger partial charge in [0.1, 0.15) is 0 Å². The molecule has 0 fully saturated rings. The van der Waals surface area contributed by atoms with Crippen LogP contribution in [-0.4, -0.2) is 21.6 Å². The largest absolute Gasteiger partial charge is 0.400 e. The van der Waals surface area contributed by atoms with Crippen molar-refractivity contribution < 1.29 is 16.8 Å². The van der Waals surface area contributed by atoms with Crippen molar-refractivity contribution in [1.29, 1.82) is 0 Å². The van der Waals surface area contributed by atoms with Crippen LogP contribution in [0.4, 0.5) is 0 Å². The van der Waals surface area contributed by atoms with Crippen LogP contribution in [-0.2, 0) is 18.8 Å². The van der Waals surface area contributed by atoms with Crippen molar-refractivity contribution in [3.63, 3.8) is 0 Å². The molecule has 0 saturated carbocycles. The van der Waals surface area contributed by atoms with Crippen LogP contribution in [0.3, 0.4) is 0 Å². The molecule has 2 aromatic carbocycles. The van der Waals surface area contributed by atoms with Crippen LogP contribution in [0.25, 0.3) is 10.8 Å². The third-order valence-electron chi connectivity index (χ3n) is 4.71. The summed E-state index contributed by atoms with van der Waals surface area (Å²) in [5.74, 6) is 0. The molecule has 0 amide bonds. The molecule has 0 spiro atoms. The maximum Gasteiger partial charge on any atom is 0.400 e. The number of hydrogen-bond donors (Lipinski definition) is 1. The minimum absolute atomic E-state index is 0. The molecule has 2 rings (SSSR count). The summed E-state index contributed by atoms with van der Waals surface area (Å²) in [6.07, 6.45) is 13.4. The van der Waals surface area contributed by atoms with Crippen LogP contribution in [0.1, 0.15) is 71.1 Å². The van der Waals surface area contributed by atoms with Crippen molar-refractivity contribution in [2.75, 3.05) is 13.2 Å². The van der Waals surface area contributed by atoms with Crippen molar-refractivity contribution in [3.05, 3.63) is 61.2 Å². The fraction of sp³-hybridized carbons (Fsp3) is 0.520. The van der Waals surface area contributed by atoms with E-state index in [1.165, 1.54) is 61.8 Å². The Hall–Kier alpha value is -1.73. The second-order valence-corrected chi connectivity index (χ2v) is 8.62. The summed E-state index contributed by atoms with van der Waals surface area (Å²) in [5, 5.41) is 2.62. The normalized spacial score (nSPS) is 10.7. The topological polar surface area (TPSA) is 87.6 Å². The van der Waals surface area contributed by atoms with Gasteiger partial charge in [-0.1, -0.05) is 119 Å². The standard InChI is InChI=1S/C15H30O4S.C10H8.H3N/c1-3-5-6-7-8-9-10-11-12-13-15-19-20(16,17)18-14-4-2;1-2-6-10-8-4-3-7-9(10)5-1;/h4H,2-3,5-15H2,1H3;1-8H;1H3. The van der Waals surface area contributed by atoms with Crippen molar-refractivity contribution in [2.45, 2.75) is 71.1 Å². The van der Waals surface area contributed by atoms with Gasteiger partial charge in [0.2, 0.25) is 0 Å². The van der Waals surface area contributed by atoms with Gasteiger partial charge in [-0.05, 0) is 17.2 Å². The molecule has 31 heavy (non-hydrogen) atoms. The van der Waals surface area contributed by atoms with Gasteiger partial charge in [-0.2, -0.15) is 8.42 Å². The lowest BCUT2D eigenvalue weighted by molar-refractivity contribution is 0.225. The molecule has 5 nitrogen and oxygen atoms in total. The highest BCUT2D eigenvalue weighted by Crippen LogP contribution is 2.12. The summed E-state index contributed by atoms with van der Waals surface area (Å²) in [5.41, 5.74) is 0. The van der Waals surface area contributed by atoms with Crippen molar-refractivity contribution >= 4 is 21.2 Å². The van der Waals surface area contributed by atoms with Gasteiger partial charge < -0.3 is 6.15 Å². The molecular formula is C25H41NO4S. The Kier molecular flexibility index (Phi) is 17.9. The van der Waals surface area contributed by atoms with E-state index >= 15 is 0 Å². The van der Waals surface area contributed by atoms with E-state index in [-0.39, 0.29) is 19.4 Å². The van der Waals surface area contributed by atoms with Gasteiger partial charge in [-0.25, -0.2) is 8.37 Å². The lowest BCUT2D eigenvalue weighted by Gasteiger charge is -2.04. The van der Waals surface area contributed by atoms with Crippen LogP contribution < -0.4 is 6.15 Å². The van der Waals surface area contributed by atoms with E-state index in [1.807, 2.05) is 0 Å². The Labute approximate surface area is 189 Å². The minimum atomic E-state index is -3.83. The second-order valence-electron chi connectivity index (χ2n) is 7.33. The van der Waals surface area contributed by atoms with E-state index in [2.05, 4.69) is 66.2 Å². The highest BCUT2D eigenvalue weighted by atomic mass is 32.3. The van der Waals surface area contributed by atoms with Crippen molar-refractivity contribution in [3.8, 4) is 0 Å². The Balaban J connectivity index is 0.000000675. The first-order chi connectivity index (χ1) is 14.6. The summed E-state index contributed by atoms with van der Waals surface area (Å²) in [6.45, 7) is 5.77. The van der Waals surface area contributed by atoms with Gasteiger partial charge in [0.05, 0.1) is 13.2 Å². The van der Waals surface area contributed by atoms with Gasteiger partial charge in [0.15, 0.2) is 0 Å². The highest BCUT2D eigenvalue weighted by molar-refractivity contribution is 7.81. The van der Waals surface area contributed by atoms with Crippen molar-refractivity contribution in [1.82, 2.24) is 6.15 Å². The third-order valence-corrected chi connectivity index (χ3v) is 5.59. The first kappa shape index (κ1) is 29.3. The molecule has 0 saturated heterocycles. The van der Waals surface area contributed by atoms with Crippen LogP contribution >= 0.6 is 0 Å². The first-order valence-electron chi connectivity index (χ1n) is 11.2. The molecule has 6 heteroatoms. The van der Waals surface area contributed by atoms with E-state index < -0.39 is 10.4 Å². The Morgan fingerprint density at radius 3 is 1.58 bits per heavy atom. The molecule has 0 aliphatic rings. The zero-order chi connectivity index (χ0) is 21.9. The molecule has 0 aromatic heterocycles. The number of benzene rings is 2. The average Bonchev–Trinajstić information content (AvgIpc) is 2.76. The summed E-state index contributed by atoms with van der Waals surface area (Å²) in [4.78, 5) is 0. The summed E-state index contributed by atoms with van der Waals surface area (Å²) < 4.78 is 31.5. The summed E-state index contributed by atoms with van der Waals surface area (Å²) in [6, 6.07) is 16.7. The SMILES string of the molecule is C=CCOS(=O)(=O)OCCCCCCCCCCCC.N.c1ccc2ccccc2c1. The highest BCUT2D eigenvalue weighted by Gasteiger charge is 2.09. The third kappa shape index (κ3) is 15.7. The quantitative estimate of drug-likeness (QED) is 0.225. The Morgan fingerprint density at radius 2 is 1.16 bits per heavy atom. The number of rotatable bonds is 15. The van der Waals surface area contributed by atoms with E-state index in [4.69, 9.17) is 4.18 Å². The lowest BCUT2D eigenvalue weighted by Crippen LogP contribution is -2.11.